The van der Waals surface area contributed by atoms with E-state index in [1.165, 1.54) is 0 Å². The molecule has 0 aliphatic rings. The number of alkyl halides is 2. The molecule has 0 saturated heterocycles. The Morgan fingerprint density at radius 3 is 2.32 bits per heavy atom. The molecule has 1 amide bonds. The smallest absolute Gasteiger partial charge is 0.340 e. The van der Waals surface area contributed by atoms with Crippen molar-refractivity contribution in [2.75, 3.05) is 25.0 Å². The topological polar surface area (TPSA) is 58.6 Å². The lowest BCUT2D eigenvalue weighted by Crippen LogP contribution is -2.34. The molecule has 0 saturated carbocycles. The first-order valence-electron chi connectivity index (χ1n) is 8.80. The number of carbonyl (C=O) groups is 2. The Morgan fingerprint density at radius 1 is 1.07 bits per heavy atom. The lowest BCUT2D eigenvalue weighted by molar-refractivity contribution is -0.134. The molecule has 1 N–H and O–H groups in total. The SMILES string of the molecule is CCN(CC)C(=O)COC(=O)c1ccccc1Nc1ccc(SC(F)F)cc1. The van der Waals surface area contributed by atoms with Crippen molar-refractivity contribution in [2.24, 2.45) is 0 Å². The zero-order valence-corrected chi connectivity index (χ0v) is 16.5. The van der Waals surface area contributed by atoms with Gasteiger partial charge in [-0.25, -0.2) is 4.79 Å². The fourth-order valence-corrected chi connectivity index (χ4v) is 3.02. The van der Waals surface area contributed by atoms with Crippen LogP contribution in [-0.4, -0.2) is 42.2 Å². The summed E-state index contributed by atoms with van der Waals surface area (Å²) >= 11 is 0.466. The number of hydrogen-bond acceptors (Lipinski definition) is 5. The number of likely N-dealkylation sites (N-methyl/N-ethyl adjacent to an activating group) is 1. The highest BCUT2D eigenvalue weighted by molar-refractivity contribution is 7.99. The molecule has 0 aliphatic heterocycles. The van der Waals surface area contributed by atoms with Gasteiger partial charge in [-0.1, -0.05) is 23.9 Å². The van der Waals surface area contributed by atoms with Crippen LogP contribution in [0.1, 0.15) is 24.2 Å². The van der Waals surface area contributed by atoms with Gasteiger partial charge in [0, 0.05) is 23.7 Å². The number of para-hydroxylation sites is 1. The third-order valence-corrected chi connectivity index (χ3v) is 4.67. The lowest BCUT2D eigenvalue weighted by Gasteiger charge is -2.18. The maximum Gasteiger partial charge on any atom is 0.340 e. The quantitative estimate of drug-likeness (QED) is 0.478. The largest absolute Gasteiger partial charge is 0.452 e. The first-order chi connectivity index (χ1) is 13.4. The molecule has 2 aromatic carbocycles. The number of anilines is 2. The Balaban J connectivity index is 2.05. The first kappa shape index (κ1) is 21.7. The van der Waals surface area contributed by atoms with Crippen molar-refractivity contribution in [3.8, 4) is 0 Å². The minimum Gasteiger partial charge on any atom is -0.452 e. The number of carbonyl (C=O) groups excluding carboxylic acids is 2. The van der Waals surface area contributed by atoms with Crippen LogP contribution >= 0.6 is 11.8 Å². The number of benzene rings is 2. The number of esters is 1. The van der Waals surface area contributed by atoms with E-state index in [2.05, 4.69) is 5.32 Å². The van der Waals surface area contributed by atoms with Crippen LogP contribution in [0.15, 0.2) is 53.4 Å². The summed E-state index contributed by atoms with van der Waals surface area (Å²) in [5, 5.41) is 3.07. The van der Waals surface area contributed by atoms with E-state index in [0.717, 1.165) is 0 Å². The van der Waals surface area contributed by atoms with Crippen LogP contribution < -0.4 is 5.32 Å². The molecule has 0 unspecified atom stereocenters. The van der Waals surface area contributed by atoms with Gasteiger partial charge in [-0.15, -0.1) is 0 Å². The van der Waals surface area contributed by atoms with E-state index in [9.17, 15) is 18.4 Å². The highest BCUT2D eigenvalue weighted by Gasteiger charge is 2.16. The summed E-state index contributed by atoms with van der Waals surface area (Å²) in [6.45, 7) is 4.48. The normalized spacial score (nSPS) is 10.6. The van der Waals surface area contributed by atoms with Crippen molar-refractivity contribution in [1.29, 1.82) is 0 Å². The number of hydrogen-bond donors (Lipinski definition) is 1. The predicted molar refractivity (Wildman–Crippen MR) is 106 cm³/mol. The second-order valence-electron chi connectivity index (χ2n) is 5.72. The van der Waals surface area contributed by atoms with Gasteiger partial charge in [0.2, 0.25) is 0 Å². The van der Waals surface area contributed by atoms with Crippen LogP contribution in [0.25, 0.3) is 0 Å². The minimum atomic E-state index is -2.48. The van der Waals surface area contributed by atoms with Gasteiger partial charge < -0.3 is 15.0 Å². The van der Waals surface area contributed by atoms with E-state index in [0.29, 0.717) is 41.1 Å². The molecule has 5 nitrogen and oxygen atoms in total. The van der Waals surface area contributed by atoms with Gasteiger partial charge in [-0.2, -0.15) is 8.78 Å². The zero-order chi connectivity index (χ0) is 20.5. The highest BCUT2D eigenvalue weighted by atomic mass is 32.2. The Hall–Kier alpha value is -2.61. The predicted octanol–water partition coefficient (Wildman–Crippen LogP) is 4.77. The molecule has 0 aliphatic carbocycles. The minimum absolute atomic E-state index is 0.254. The summed E-state index contributed by atoms with van der Waals surface area (Å²) in [4.78, 5) is 26.4. The molecular formula is C20H22F2N2O3S. The monoisotopic (exact) mass is 408 g/mol. The van der Waals surface area contributed by atoms with Crippen molar-refractivity contribution in [3.63, 3.8) is 0 Å². The van der Waals surface area contributed by atoms with Gasteiger partial charge in [0.1, 0.15) is 0 Å². The van der Waals surface area contributed by atoms with Gasteiger partial charge in [0.25, 0.3) is 11.7 Å². The van der Waals surface area contributed by atoms with Gasteiger partial charge in [0.05, 0.1) is 11.3 Å². The van der Waals surface area contributed by atoms with Crippen LogP contribution in [0.3, 0.4) is 0 Å². The van der Waals surface area contributed by atoms with Crippen LogP contribution in [0.5, 0.6) is 0 Å². The Kier molecular flexibility index (Phi) is 8.25. The van der Waals surface area contributed by atoms with Crippen molar-refractivity contribution in [1.82, 2.24) is 4.90 Å². The molecule has 28 heavy (non-hydrogen) atoms. The summed E-state index contributed by atoms with van der Waals surface area (Å²) < 4.78 is 30.0. The molecule has 0 radical (unpaired) electrons. The molecule has 2 aromatic rings. The van der Waals surface area contributed by atoms with Crippen LogP contribution in [0.2, 0.25) is 0 Å². The Morgan fingerprint density at radius 2 is 1.71 bits per heavy atom. The number of nitrogens with one attached hydrogen (secondary N) is 1. The summed E-state index contributed by atoms with van der Waals surface area (Å²) in [6, 6.07) is 13.2. The molecule has 0 aromatic heterocycles. The van der Waals surface area contributed by atoms with Gasteiger partial charge in [0.15, 0.2) is 6.61 Å². The van der Waals surface area contributed by atoms with Gasteiger partial charge in [-0.3, -0.25) is 4.79 Å². The zero-order valence-electron chi connectivity index (χ0n) is 15.7. The van der Waals surface area contributed by atoms with E-state index >= 15 is 0 Å². The van der Waals surface area contributed by atoms with Crippen molar-refractivity contribution in [2.45, 2.75) is 24.5 Å². The van der Waals surface area contributed by atoms with Crippen LogP contribution in [0, 0.1) is 0 Å². The number of nitrogens with zero attached hydrogens (tertiary/aromatic N) is 1. The highest BCUT2D eigenvalue weighted by Crippen LogP contribution is 2.28. The third-order valence-electron chi connectivity index (χ3n) is 3.95. The molecular weight excluding hydrogens is 386 g/mol. The average molecular weight is 408 g/mol. The standard InChI is InChI=1S/C20H22F2N2O3S/c1-3-24(4-2)18(25)13-27-19(26)16-7-5-6-8-17(16)23-14-9-11-15(12-10-14)28-20(21)22/h5-12,20,23H,3-4,13H2,1-2H3. The van der Waals surface area contributed by atoms with E-state index in [1.54, 1.807) is 53.4 Å². The maximum absolute atomic E-state index is 12.4. The van der Waals surface area contributed by atoms with Gasteiger partial charge >= 0.3 is 5.97 Å². The summed E-state index contributed by atoms with van der Waals surface area (Å²) in [6.07, 6.45) is 0. The van der Waals surface area contributed by atoms with Crippen molar-refractivity contribution in [3.05, 3.63) is 54.1 Å². The second kappa shape index (κ2) is 10.7. The molecule has 0 spiro atoms. The molecule has 0 fully saturated rings. The van der Waals surface area contributed by atoms with E-state index in [4.69, 9.17) is 4.74 Å². The number of rotatable bonds is 9. The number of thioether (sulfide) groups is 1. The van der Waals surface area contributed by atoms with Gasteiger partial charge in [-0.05, 0) is 50.2 Å². The summed E-state index contributed by atoms with van der Waals surface area (Å²) in [7, 11) is 0. The molecule has 150 valence electrons. The third kappa shape index (κ3) is 6.23. The lowest BCUT2D eigenvalue weighted by atomic mass is 10.1. The number of halogens is 2. The average Bonchev–Trinajstić information content (AvgIpc) is 2.68. The number of amides is 1. The van der Waals surface area contributed by atoms with E-state index in [-0.39, 0.29) is 18.1 Å². The second-order valence-corrected chi connectivity index (χ2v) is 6.78. The first-order valence-corrected chi connectivity index (χ1v) is 9.68. The van der Waals surface area contributed by atoms with E-state index < -0.39 is 11.7 Å². The van der Waals surface area contributed by atoms with E-state index in [1.807, 2.05) is 13.8 Å². The molecule has 2 rings (SSSR count). The molecule has 0 bridgehead atoms. The maximum atomic E-state index is 12.4. The molecule has 0 atom stereocenters. The fourth-order valence-electron chi connectivity index (χ4n) is 2.52. The molecule has 0 heterocycles. The van der Waals surface area contributed by atoms with Crippen LogP contribution in [0.4, 0.5) is 20.2 Å². The van der Waals surface area contributed by atoms with Crippen LogP contribution in [-0.2, 0) is 9.53 Å². The number of ether oxygens (including phenoxy) is 1. The van der Waals surface area contributed by atoms with Crippen molar-refractivity contribution < 1.29 is 23.1 Å². The Bertz CT molecular complexity index is 796. The summed E-state index contributed by atoms with van der Waals surface area (Å²) in [5.41, 5.74) is 1.41. The van der Waals surface area contributed by atoms with Crippen molar-refractivity contribution >= 4 is 35.0 Å². The summed E-state index contributed by atoms with van der Waals surface area (Å²) in [5.74, 6) is -3.35. The Labute approximate surface area is 167 Å². The molecule has 8 heteroatoms. The fraction of sp³-hybridized carbons (Fsp3) is 0.300.